The summed E-state index contributed by atoms with van der Waals surface area (Å²) < 4.78 is 0. The fraction of sp³-hybridized carbons (Fsp3) is 0.312. The molecule has 0 aliphatic heterocycles. The molecule has 110 valence electrons. The van der Waals surface area contributed by atoms with Gasteiger partial charge in [-0.2, -0.15) is 0 Å². The molecule has 0 aliphatic carbocycles. The first-order chi connectivity index (χ1) is 10.3. The number of nitrogens with zero attached hydrogens (tertiary/aromatic N) is 2. The minimum absolute atomic E-state index is 0.111. The lowest BCUT2D eigenvalue weighted by molar-refractivity contribution is 0.0951. The van der Waals surface area contributed by atoms with E-state index in [4.69, 9.17) is 0 Å². The lowest BCUT2D eigenvalue weighted by Gasteiger charge is -2.08. The SMILES string of the molecule is CCCCNc1cc(C(=O)NCc2cccnc2)ccn1. The third-order valence-corrected chi connectivity index (χ3v) is 3.03. The zero-order valence-corrected chi connectivity index (χ0v) is 12.2. The molecule has 5 heteroatoms. The molecule has 0 spiro atoms. The van der Waals surface area contributed by atoms with Crippen molar-refractivity contribution in [2.24, 2.45) is 0 Å². The third kappa shape index (κ3) is 4.87. The zero-order valence-electron chi connectivity index (χ0n) is 12.2. The minimum atomic E-state index is -0.111. The predicted molar refractivity (Wildman–Crippen MR) is 83.0 cm³/mol. The molecule has 0 bridgehead atoms. The van der Waals surface area contributed by atoms with E-state index in [1.54, 1.807) is 30.7 Å². The summed E-state index contributed by atoms with van der Waals surface area (Å²) in [6.07, 6.45) is 7.30. The highest BCUT2D eigenvalue weighted by Crippen LogP contribution is 2.07. The van der Waals surface area contributed by atoms with Gasteiger partial charge in [0, 0.05) is 37.2 Å². The van der Waals surface area contributed by atoms with Crippen LogP contribution in [0.3, 0.4) is 0 Å². The van der Waals surface area contributed by atoms with Crippen molar-refractivity contribution < 1.29 is 4.79 Å². The Labute approximate surface area is 124 Å². The topological polar surface area (TPSA) is 66.9 Å². The highest BCUT2D eigenvalue weighted by Gasteiger charge is 2.06. The molecule has 2 aromatic rings. The van der Waals surface area contributed by atoms with Crippen LogP contribution < -0.4 is 10.6 Å². The van der Waals surface area contributed by atoms with Gasteiger partial charge in [0.25, 0.3) is 5.91 Å². The van der Waals surface area contributed by atoms with Gasteiger partial charge in [0.2, 0.25) is 0 Å². The lowest BCUT2D eigenvalue weighted by atomic mass is 10.2. The molecule has 2 rings (SSSR count). The van der Waals surface area contributed by atoms with E-state index in [1.807, 2.05) is 12.1 Å². The maximum absolute atomic E-state index is 12.1. The van der Waals surface area contributed by atoms with Gasteiger partial charge in [-0.1, -0.05) is 19.4 Å². The third-order valence-electron chi connectivity index (χ3n) is 3.03. The molecule has 0 radical (unpaired) electrons. The first-order valence-corrected chi connectivity index (χ1v) is 7.16. The van der Waals surface area contributed by atoms with Crippen molar-refractivity contribution in [3.63, 3.8) is 0 Å². The Morgan fingerprint density at radius 3 is 2.95 bits per heavy atom. The fourth-order valence-corrected chi connectivity index (χ4v) is 1.85. The molecule has 21 heavy (non-hydrogen) atoms. The summed E-state index contributed by atoms with van der Waals surface area (Å²) in [5.74, 6) is 0.622. The number of aromatic nitrogens is 2. The number of rotatable bonds is 7. The molecule has 2 N–H and O–H groups in total. The lowest BCUT2D eigenvalue weighted by Crippen LogP contribution is -2.23. The maximum Gasteiger partial charge on any atom is 0.251 e. The van der Waals surface area contributed by atoms with Gasteiger partial charge in [0.15, 0.2) is 0 Å². The Hall–Kier alpha value is -2.43. The first-order valence-electron chi connectivity index (χ1n) is 7.16. The monoisotopic (exact) mass is 284 g/mol. The summed E-state index contributed by atoms with van der Waals surface area (Å²) in [6.45, 7) is 3.47. The molecule has 1 amide bonds. The second kappa shape index (κ2) is 7.99. The van der Waals surface area contributed by atoms with Gasteiger partial charge in [-0.05, 0) is 30.2 Å². The average Bonchev–Trinajstić information content (AvgIpc) is 2.54. The Morgan fingerprint density at radius 1 is 1.29 bits per heavy atom. The summed E-state index contributed by atoms with van der Waals surface area (Å²) in [5.41, 5.74) is 1.58. The number of nitrogens with one attached hydrogen (secondary N) is 2. The van der Waals surface area contributed by atoms with Crippen molar-refractivity contribution in [3.8, 4) is 0 Å². The predicted octanol–water partition coefficient (Wildman–Crippen LogP) is 2.62. The number of amides is 1. The number of carbonyl (C=O) groups is 1. The van der Waals surface area contributed by atoms with Gasteiger partial charge in [0.05, 0.1) is 0 Å². The van der Waals surface area contributed by atoms with E-state index in [2.05, 4.69) is 27.5 Å². The second-order valence-electron chi connectivity index (χ2n) is 4.75. The van der Waals surface area contributed by atoms with E-state index < -0.39 is 0 Å². The van der Waals surface area contributed by atoms with Gasteiger partial charge in [-0.3, -0.25) is 9.78 Å². The van der Waals surface area contributed by atoms with Crippen molar-refractivity contribution >= 4 is 11.7 Å². The molecule has 0 saturated carbocycles. The molecule has 0 fully saturated rings. The summed E-state index contributed by atoms with van der Waals surface area (Å²) >= 11 is 0. The summed E-state index contributed by atoms with van der Waals surface area (Å²) in [4.78, 5) is 20.3. The highest BCUT2D eigenvalue weighted by atomic mass is 16.1. The van der Waals surface area contributed by atoms with Crippen LogP contribution in [0.1, 0.15) is 35.7 Å². The van der Waals surface area contributed by atoms with Crippen LogP contribution in [-0.4, -0.2) is 22.4 Å². The van der Waals surface area contributed by atoms with Crippen LogP contribution >= 0.6 is 0 Å². The summed E-state index contributed by atoms with van der Waals surface area (Å²) in [7, 11) is 0. The van der Waals surface area contributed by atoms with E-state index in [9.17, 15) is 4.79 Å². The van der Waals surface area contributed by atoms with Gasteiger partial charge >= 0.3 is 0 Å². The molecule has 0 unspecified atom stereocenters. The number of carbonyl (C=O) groups excluding carboxylic acids is 1. The number of hydrogen-bond donors (Lipinski definition) is 2. The Morgan fingerprint density at radius 2 is 2.19 bits per heavy atom. The molecular weight excluding hydrogens is 264 g/mol. The molecule has 5 nitrogen and oxygen atoms in total. The quantitative estimate of drug-likeness (QED) is 0.767. The standard InChI is InChI=1S/C16H20N4O/c1-2-3-8-18-15-10-14(6-9-19-15)16(21)20-12-13-5-4-7-17-11-13/h4-7,9-11H,2-3,8,12H2,1H3,(H,18,19)(H,20,21). The molecule has 2 heterocycles. The number of unbranched alkanes of at least 4 members (excludes halogenated alkanes) is 1. The van der Waals surface area contributed by atoms with Crippen molar-refractivity contribution in [1.82, 2.24) is 15.3 Å². The van der Waals surface area contributed by atoms with E-state index in [0.717, 1.165) is 30.8 Å². The van der Waals surface area contributed by atoms with Crippen LogP contribution in [0.25, 0.3) is 0 Å². The first kappa shape index (κ1) is 15.0. The summed E-state index contributed by atoms with van der Waals surface area (Å²) in [5, 5.41) is 6.09. The fourth-order valence-electron chi connectivity index (χ4n) is 1.85. The number of anilines is 1. The molecule has 2 aromatic heterocycles. The van der Waals surface area contributed by atoms with Gasteiger partial charge in [-0.15, -0.1) is 0 Å². The van der Waals surface area contributed by atoms with Crippen LogP contribution in [0.4, 0.5) is 5.82 Å². The van der Waals surface area contributed by atoms with E-state index in [1.165, 1.54) is 0 Å². The van der Waals surface area contributed by atoms with Crippen molar-refractivity contribution in [1.29, 1.82) is 0 Å². The van der Waals surface area contributed by atoms with Crippen LogP contribution in [0, 0.1) is 0 Å². The number of hydrogen-bond acceptors (Lipinski definition) is 4. The molecule has 0 saturated heterocycles. The van der Waals surface area contributed by atoms with Crippen molar-refractivity contribution in [2.45, 2.75) is 26.3 Å². The molecular formula is C16H20N4O. The smallest absolute Gasteiger partial charge is 0.251 e. The summed E-state index contributed by atoms with van der Waals surface area (Å²) in [6, 6.07) is 7.26. The van der Waals surface area contributed by atoms with E-state index >= 15 is 0 Å². The van der Waals surface area contributed by atoms with Crippen LogP contribution in [0.15, 0.2) is 42.9 Å². The molecule has 0 aliphatic rings. The van der Waals surface area contributed by atoms with Crippen molar-refractivity contribution in [3.05, 3.63) is 54.0 Å². The highest BCUT2D eigenvalue weighted by molar-refractivity contribution is 5.94. The minimum Gasteiger partial charge on any atom is -0.370 e. The second-order valence-corrected chi connectivity index (χ2v) is 4.75. The maximum atomic E-state index is 12.1. The van der Waals surface area contributed by atoms with Crippen LogP contribution in [0.2, 0.25) is 0 Å². The van der Waals surface area contributed by atoms with Gasteiger partial charge in [0.1, 0.15) is 5.82 Å². The average molecular weight is 284 g/mol. The Bertz CT molecular complexity index is 571. The normalized spacial score (nSPS) is 10.1. The van der Waals surface area contributed by atoms with Crippen LogP contribution in [0.5, 0.6) is 0 Å². The van der Waals surface area contributed by atoms with Crippen molar-refractivity contribution in [2.75, 3.05) is 11.9 Å². The zero-order chi connectivity index (χ0) is 14.9. The molecule has 0 aromatic carbocycles. The van der Waals surface area contributed by atoms with Crippen LogP contribution in [-0.2, 0) is 6.54 Å². The van der Waals surface area contributed by atoms with E-state index in [0.29, 0.717) is 12.1 Å². The van der Waals surface area contributed by atoms with E-state index in [-0.39, 0.29) is 5.91 Å². The van der Waals surface area contributed by atoms with Gasteiger partial charge < -0.3 is 10.6 Å². The number of pyridine rings is 2. The largest absolute Gasteiger partial charge is 0.370 e. The Kier molecular flexibility index (Phi) is 5.70. The molecule has 0 atom stereocenters. The Balaban J connectivity index is 1.91. The van der Waals surface area contributed by atoms with Gasteiger partial charge in [-0.25, -0.2) is 4.98 Å².